The van der Waals surface area contributed by atoms with Crippen LogP contribution in [0.25, 0.3) is 0 Å². The molecule has 8 heteroatoms. The Hall–Kier alpha value is -2.09. The number of aliphatic hydroxyl groups is 1. The molecule has 1 heterocycles. The number of carbonyl (C=O) groups is 2. The number of aliphatic hydroxyl groups excluding tert-OH is 1. The Balaban J connectivity index is 2.27. The van der Waals surface area contributed by atoms with Crippen LogP contribution in [0.3, 0.4) is 0 Å². The fourth-order valence-electron chi connectivity index (χ4n) is 1.21. The van der Waals surface area contributed by atoms with Gasteiger partial charge in [-0.25, -0.2) is 9.59 Å². The minimum Gasteiger partial charge on any atom is -0.479 e. The fraction of sp³-hybridized carbons (Fsp3) is 0.500. The van der Waals surface area contributed by atoms with Gasteiger partial charge in [0.25, 0.3) is 0 Å². The van der Waals surface area contributed by atoms with Crippen molar-refractivity contribution in [2.24, 2.45) is 0 Å². The molecule has 100 valence electrons. The monoisotopic (exact) mass is 256 g/mol. The average molecular weight is 256 g/mol. The van der Waals surface area contributed by atoms with Crippen molar-refractivity contribution in [3.05, 3.63) is 12.3 Å². The summed E-state index contributed by atoms with van der Waals surface area (Å²) in [6.45, 7) is 2.69. The number of aliphatic carboxylic acids is 1. The summed E-state index contributed by atoms with van der Waals surface area (Å²) < 4.78 is 1.66. The maximum absolute atomic E-state index is 11.4. The number of carboxylic acids is 1. The zero-order valence-electron chi connectivity index (χ0n) is 9.96. The average Bonchev–Trinajstić information content (AvgIpc) is 2.76. The number of nitrogens with zero attached hydrogens (tertiary/aromatic N) is 2. The van der Waals surface area contributed by atoms with Crippen molar-refractivity contribution in [1.82, 2.24) is 15.1 Å². The van der Waals surface area contributed by atoms with Crippen LogP contribution in [0.15, 0.2) is 12.3 Å². The van der Waals surface area contributed by atoms with Crippen molar-refractivity contribution in [2.75, 3.05) is 11.9 Å². The molecular formula is C10H16N4O4. The third-order valence-corrected chi connectivity index (χ3v) is 2.19. The van der Waals surface area contributed by atoms with Crippen LogP contribution in [0.4, 0.5) is 10.6 Å². The molecule has 4 N–H and O–H groups in total. The molecule has 0 radical (unpaired) electrons. The number of hydrogen-bond acceptors (Lipinski definition) is 4. The second-order valence-electron chi connectivity index (χ2n) is 3.58. The van der Waals surface area contributed by atoms with Gasteiger partial charge in [-0.1, -0.05) is 0 Å². The van der Waals surface area contributed by atoms with E-state index in [1.54, 1.807) is 16.9 Å². The van der Waals surface area contributed by atoms with Gasteiger partial charge in [-0.15, -0.1) is 0 Å². The molecule has 1 aromatic rings. The molecule has 0 aliphatic carbocycles. The standard InChI is InChI=1S/C10H16N4O4/c1-2-14-6-4-8(13-14)12-10(18)11-5-3-7(15)9(16)17/h4,6-7,15H,2-3,5H2,1H3,(H,16,17)(H2,11,12,13,18). The Kier molecular flexibility index (Phi) is 5.12. The van der Waals surface area contributed by atoms with Crippen molar-refractivity contribution in [3.63, 3.8) is 0 Å². The van der Waals surface area contributed by atoms with Crippen molar-refractivity contribution >= 4 is 17.8 Å². The van der Waals surface area contributed by atoms with E-state index < -0.39 is 18.1 Å². The quantitative estimate of drug-likeness (QED) is 0.565. The lowest BCUT2D eigenvalue weighted by atomic mass is 10.2. The van der Waals surface area contributed by atoms with Crippen LogP contribution >= 0.6 is 0 Å². The molecule has 1 atom stereocenters. The first-order valence-electron chi connectivity index (χ1n) is 5.52. The molecule has 1 aromatic heterocycles. The predicted octanol–water partition coefficient (Wildman–Crippen LogP) is -0.140. The van der Waals surface area contributed by atoms with Crippen LogP contribution in [0.2, 0.25) is 0 Å². The highest BCUT2D eigenvalue weighted by molar-refractivity contribution is 5.88. The van der Waals surface area contributed by atoms with Crippen LogP contribution in [0, 0.1) is 0 Å². The molecule has 0 aliphatic heterocycles. The maximum Gasteiger partial charge on any atom is 0.332 e. The van der Waals surface area contributed by atoms with Gasteiger partial charge in [-0.3, -0.25) is 10.00 Å². The van der Waals surface area contributed by atoms with E-state index in [-0.39, 0.29) is 13.0 Å². The van der Waals surface area contributed by atoms with E-state index >= 15 is 0 Å². The van der Waals surface area contributed by atoms with Gasteiger partial charge in [0.2, 0.25) is 0 Å². The van der Waals surface area contributed by atoms with Crippen LogP contribution in [-0.4, -0.2) is 44.6 Å². The van der Waals surface area contributed by atoms with E-state index in [4.69, 9.17) is 10.2 Å². The highest BCUT2D eigenvalue weighted by Crippen LogP contribution is 2.01. The summed E-state index contributed by atoms with van der Waals surface area (Å²) in [5, 5.41) is 26.4. The SMILES string of the molecule is CCn1ccc(NC(=O)NCCC(O)C(=O)O)n1. The van der Waals surface area contributed by atoms with Crippen LogP contribution < -0.4 is 10.6 Å². The van der Waals surface area contributed by atoms with Crippen LogP contribution in [0.1, 0.15) is 13.3 Å². The largest absolute Gasteiger partial charge is 0.479 e. The first-order chi connectivity index (χ1) is 8.52. The maximum atomic E-state index is 11.4. The number of anilines is 1. The lowest BCUT2D eigenvalue weighted by Gasteiger charge is -2.07. The van der Waals surface area contributed by atoms with Gasteiger partial charge in [0.1, 0.15) is 0 Å². The molecule has 0 saturated carbocycles. The van der Waals surface area contributed by atoms with Crippen molar-refractivity contribution < 1.29 is 19.8 Å². The minimum absolute atomic E-state index is 0.0495. The van der Waals surface area contributed by atoms with Gasteiger partial charge in [-0.05, 0) is 6.92 Å². The van der Waals surface area contributed by atoms with Gasteiger partial charge in [0, 0.05) is 31.8 Å². The van der Waals surface area contributed by atoms with Crippen molar-refractivity contribution in [2.45, 2.75) is 26.0 Å². The molecule has 0 bridgehead atoms. The lowest BCUT2D eigenvalue weighted by molar-refractivity contribution is -0.146. The summed E-state index contributed by atoms with van der Waals surface area (Å²) in [5.41, 5.74) is 0. The Morgan fingerprint density at radius 1 is 1.56 bits per heavy atom. The Labute approximate surface area is 104 Å². The molecule has 1 unspecified atom stereocenters. The summed E-state index contributed by atoms with van der Waals surface area (Å²) >= 11 is 0. The first-order valence-corrected chi connectivity index (χ1v) is 5.52. The number of urea groups is 1. The highest BCUT2D eigenvalue weighted by Gasteiger charge is 2.12. The summed E-state index contributed by atoms with van der Waals surface area (Å²) in [6.07, 6.45) is 0.209. The number of aromatic nitrogens is 2. The molecule has 8 nitrogen and oxygen atoms in total. The van der Waals surface area contributed by atoms with E-state index in [2.05, 4.69) is 15.7 Å². The Morgan fingerprint density at radius 2 is 2.28 bits per heavy atom. The molecule has 1 rings (SSSR count). The van der Waals surface area contributed by atoms with Crippen molar-refractivity contribution in [1.29, 1.82) is 0 Å². The van der Waals surface area contributed by atoms with Crippen LogP contribution in [0.5, 0.6) is 0 Å². The zero-order chi connectivity index (χ0) is 13.5. The highest BCUT2D eigenvalue weighted by atomic mass is 16.4. The fourth-order valence-corrected chi connectivity index (χ4v) is 1.21. The van der Waals surface area contributed by atoms with E-state index in [1.165, 1.54) is 0 Å². The third-order valence-electron chi connectivity index (χ3n) is 2.19. The zero-order valence-corrected chi connectivity index (χ0v) is 9.96. The number of carbonyl (C=O) groups excluding carboxylic acids is 1. The molecule has 18 heavy (non-hydrogen) atoms. The number of aryl methyl sites for hydroxylation is 1. The van der Waals surface area contributed by atoms with E-state index in [1.807, 2.05) is 6.92 Å². The van der Waals surface area contributed by atoms with Crippen LogP contribution in [-0.2, 0) is 11.3 Å². The van der Waals surface area contributed by atoms with Gasteiger partial charge < -0.3 is 15.5 Å². The third kappa shape index (κ3) is 4.42. The second kappa shape index (κ2) is 6.60. The van der Waals surface area contributed by atoms with Gasteiger partial charge >= 0.3 is 12.0 Å². The van der Waals surface area contributed by atoms with Gasteiger partial charge in [-0.2, -0.15) is 5.10 Å². The minimum atomic E-state index is -1.47. The first kappa shape index (κ1) is 14.0. The topological polar surface area (TPSA) is 116 Å². The molecule has 0 saturated heterocycles. The van der Waals surface area contributed by atoms with E-state index in [0.717, 1.165) is 0 Å². The van der Waals surface area contributed by atoms with E-state index in [0.29, 0.717) is 12.4 Å². The summed E-state index contributed by atoms with van der Waals surface area (Å²) in [5.74, 6) is -0.896. The molecule has 0 aliphatic rings. The summed E-state index contributed by atoms with van der Waals surface area (Å²) in [4.78, 5) is 21.7. The smallest absolute Gasteiger partial charge is 0.332 e. The number of amides is 2. The lowest BCUT2D eigenvalue weighted by Crippen LogP contribution is -2.33. The van der Waals surface area contributed by atoms with Crippen molar-refractivity contribution in [3.8, 4) is 0 Å². The number of carboxylic acid groups (broad SMARTS) is 1. The predicted molar refractivity (Wildman–Crippen MR) is 63.2 cm³/mol. The molecule has 2 amide bonds. The Morgan fingerprint density at radius 3 is 2.83 bits per heavy atom. The molecule has 0 spiro atoms. The molecule has 0 fully saturated rings. The number of nitrogens with one attached hydrogen (secondary N) is 2. The second-order valence-corrected chi connectivity index (χ2v) is 3.58. The molecule has 0 aromatic carbocycles. The normalized spacial score (nSPS) is 11.9. The Bertz CT molecular complexity index is 418. The molecular weight excluding hydrogens is 240 g/mol. The summed E-state index contributed by atoms with van der Waals surface area (Å²) in [6, 6.07) is 1.16. The van der Waals surface area contributed by atoms with E-state index in [9.17, 15) is 9.59 Å². The van der Waals surface area contributed by atoms with Gasteiger partial charge in [0.05, 0.1) is 0 Å². The number of rotatable bonds is 6. The number of hydrogen-bond donors (Lipinski definition) is 4. The summed E-state index contributed by atoms with van der Waals surface area (Å²) in [7, 11) is 0. The van der Waals surface area contributed by atoms with Gasteiger partial charge in [0.15, 0.2) is 11.9 Å².